The van der Waals surface area contributed by atoms with E-state index in [9.17, 15) is 4.79 Å². The van der Waals surface area contributed by atoms with Crippen molar-refractivity contribution < 1.29 is 9.53 Å². The zero-order valence-electron chi connectivity index (χ0n) is 13.2. The highest BCUT2D eigenvalue weighted by Gasteiger charge is 2.15. The monoisotopic (exact) mass is 312 g/mol. The van der Waals surface area contributed by atoms with Gasteiger partial charge < -0.3 is 15.4 Å². The summed E-state index contributed by atoms with van der Waals surface area (Å²) in [6, 6.07) is 8.07. The van der Waals surface area contributed by atoms with Crippen molar-refractivity contribution >= 4 is 17.7 Å². The van der Waals surface area contributed by atoms with Crippen LogP contribution in [0.5, 0.6) is 0 Å². The third kappa shape index (κ3) is 7.34. The van der Waals surface area contributed by atoms with Crippen molar-refractivity contribution in [3.8, 4) is 0 Å². The summed E-state index contributed by atoms with van der Waals surface area (Å²) in [6.07, 6.45) is 0.581. The van der Waals surface area contributed by atoms with Crippen molar-refractivity contribution in [2.24, 2.45) is 0 Å². The molecule has 0 heterocycles. The second-order valence-electron chi connectivity index (χ2n) is 5.90. The fourth-order valence-electron chi connectivity index (χ4n) is 1.92. The predicted molar refractivity (Wildman–Crippen MR) is 86.7 cm³/mol. The summed E-state index contributed by atoms with van der Waals surface area (Å²) in [5, 5.41) is 6.88. The van der Waals surface area contributed by atoms with Gasteiger partial charge in [-0.1, -0.05) is 30.7 Å². The first-order valence-electron chi connectivity index (χ1n) is 7.27. The molecule has 0 saturated heterocycles. The van der Waals surface area contributed by atoms with E-state index in [1.807, 2.05) is 45.0 Å². The van der Waals surface area contributed by atoms with Gasteiger partial charge in [0.1, 0.15) is 5.60 Å². The Morgan fingerprint density at radius 2 is 1.86 bits per heavy atom. The van der Waals surface area contributed by atoms with E-state index in [4.69, 9.17) is 16.3 Å². The van der Waals surface area contributed by atoms with Crippen LogP contribution in [0.1, 0.15) is 45.7 Å². The Morgan fingerprint density at radius 1 is 1.24 bits per heavy atom. The molecule has 0 aliphatic heterocycles. The van der Waals surface area contributed by atoms with Crippen LogP contribution in [-0.4, -0.2) is 24.8 Å². The zero-order chi connectivity index (χ0) is 15.9. The molecule has 0 bridgehead atoms. The van der Waals surface area contributed by atoms with Gasteiger partial charge in [0.2, 0.25) is 0 Å². The second-order valence-corrected chi connectivity index (χ2v) is 6.33. The lowest BCUT2D eigenvalue weighted by Gasteiger charge is -2.21. The van der Waals surface area contributed by atoms with E-state index < -0.39 is 5.60 Å². The van der Waals surface area contributed by atoms with Gasteiger partial charge in [-0.05, 0) is 44.9 Å². The molecule has 4 nitrogen and oxygen atoms in total. The third-order valence-electron chi connectivity index (χ3n) is 2.86. The minimum absolute atomic E-state index is 0.253. The lowest BCUT2D eigenvalue weighted by Crippen LogP contribution is -2.37. The normalized spacial score (nSPS) is 12.8. The van der Waals surface area contributed by atoms with Crippen molar-refractivity contribution in [3.05, 3.63) is 34.9 Å². The van der Waals surface area contributed by atoms with Gasteiger partial charge in [-0.2, -0.15) is 0 Å². The van der Waals surface area contributed by atoms with Crippen LogP contribution in [0.3, 0.4) is 0 Å². The van der Waals surface area contributed by atoms with Crippen LogP contribution in [0.4, 0.5) is 4.79 Å². The summed E-state index contributed by atoms with van der Waals surface area (Å²) < 4.78 is 5.18. The molecular weight excluding hydrogens is 288 g/mol. The van der Waals surface area contributed by atoms with Crippen molar-refractivity contribution in [2.45, 2.75) is 45.8 Å². The standard InChI is InChI=1S/C16H25ClN2O2/c1-5-14(12-6-8-13(17)9-7-12)18-10-11-19-15(20)21-16(2,3)4/h6-9,14,18H,5,10-11H2,1-4H3,(H,19,20). The number of hydrogen-bond donors (Lipinski definition) is 2. The molecule has 0 fully saturated rings. The number of amides is 1. The van der Waals surface area contributed by atoms with Gasteiger partial charge in [-0.3, -0.25) is 0 Å². The number of carbonyl (C=O) groups excluding carboxylic acids is 1. The van der Waals surface area contributed by atoms with E-state index in [0.29, 0.717) is 13.1 Å². The summed E-state index contributed by atoms with van der Waals surface area (Å²) in [4.78, 5) is 11.5. The Morgan fingerprint density at radius 3 is 2.38 bits per heavy atom. The number of ether oxygens (including phenoxy) is 1. The number of benzene rings is 1. The number of carbonyl (C=O) groups is 1. The highest BCUT2D eigenvalue weighted by atomic mass is 35.5. The van der Waals surface area contributed by atoms with E-state index in [0.717, 1.165) is 11.4 Å². The summed E-state index contributed by atoms with van der Waals surface area (Å²) in [7, 11) is 0. The Hall–Kier alpha value is -1.26. The molecule has 118 valence electrons. The Labute approximate surface area is 132 Å². The first-order chi connectivity index (χ1) is 9.81. The first-order valence-corrected chi connectivity index (χ1v) is 7.65. The van der Waals surface area contributed by atoms with Crippen molar-refractivity contribution in [3.63, 3.8) is 0 Å². The fraction of sp³-hybridized carbons (Fsp3) is 0.562. The van der Waals surface area contributed by atoms with E-state index >= 15 is 0 Å². The minimum Gasteiger partial charge on any atom is -0.444 e. The molecule has 0 aliphatic rings. The van der Waals surface area contributed by atoms with Gasteiger partial charge in [0.05, 0.1) is 0 Å². The average Bonchev–Trinajstić information content (AvgIpc) is 2.38. The molecule has 1 unspecified atom stereocenters. The maximum Gasteiger partial charge on any atom is 0.407 e. The molecule has 1 amide bonds. The topological polar surface area (TPSA) is 50.4 Å². The maximum absolute atomic E-state index is 11.5. The van der Waals surface area contributed by atoms with Crippen molar-refractivity contribution in [1.29, 1.82) is 0 Å². The minimum atomic E-state index is -0.466. The quantitative estimate of drug-likeness (QED) is 0.783. The number of alkyl carbamates (subject to hydrolysis) is 1. The van der Waals surface area contributed by atoms with Crippen LogP contribution in [0, 0.1) is 0 Å². The molecule has 0 aromatic heterocycles. The molecule has 1 atom stereocenters. The lowest BCUT2D eigenvalue weighted by molar-refractivity contribution is 0.0528. The molecule has 0 aliphatic carbocycles. The summed E-state index contributed by atoms with van der Waals surface area (Å²) >= 11 is 5.89. The lowest BCUT2D eigenvalue weighted by atomic mass is 10.0. The second kappa shape index (κ2) is 8.25. The smallest absolute Gasteiger partial charge is 0.407 e. The van der Waals surface area contributed by atoms with Gasteiger partial charge in [-0.25, -0.2) is 4.79 Å². The molecule has 0 spiro atoms. The predicted octanol–water partition coefficient (Wildman–Crippen LogP) is 3.91. The Kier molecular flexibility index (Phi) is 6.99. The zero-order valence-corrected chi connectivity index (χ0v) is 14.0. The van der Waals surface area contributed by atoms with Gasteiger partial charge in [0.25, 0.3) is 0 Å². The maximum atomic E-state index is 11.5. The number of hydrogen-bond acceptors (Lipinski definition) is 3. The van der Waals surface area contributed by atoms with Gasteiger partial charge >= 0.3 is 6.09 Å². The summed E-state index contributed by atoms with van der Waals surface area (Å²) in [5.41, 5.74) is 0.728. The molecule has 2 N–H and O–H groups in total. The third-order valence-corrected chi connectivity index (χ3v) is 3.12. The largest absolute Gasteiger partial charge is 0.444 e. The molecule has 5 heteroatoms. The number of halogens is 1. The van der Waals surface area contributed by atoms with E-state index in [-0.39, 0.29) is 12.1 Å². The van der Waals surface area contributed by atoms with E-state index in [2.05, 4.69) is 17.6 Å². The van der Waals surface area contributed by atoms with Crippen LogP contribution in [-0.2, 0) is 4.74 Å². The summed E-state index contributed by atoms with van der Waals surface area (Å²) in [5.74, 6) is 0. The van der Waals surface area contributed by atoms with Crippen LogP contribution in [0.15, 0.2) is 24.3 Å². The molecule has 21 heavy (non-hydrogen) atoms. The van der Waals surface area contributed by atoms with Crippen LogP contribution in [0.2, 0.25) is 5.02 Å². The Bertz CT molecular complexity index is 441. The van der Waals surface area contributed by atoms with Gasteiger partial charge in [0, 0.05) is 24.2 Å². The van der Waals surface area contributed by atoms with Gasteiger partial charge in [0.15, 0.2) is 0 Å². The number of rotatable bonds is 6. The van der Waals surface area contributed by atoms with Crippen molar-refractivity contribution in [2.75, 3.05) is 13.1 Å². The van der Waals surface area contributed by atoms with Crippen LogP contribution in [0.25, 0.3) is 0 Å². The Balaban J connectivity index is 2.33. The molecule has 1 rings (SSSR count). The molecule has 1 aromatic rings. The van der Waals surface area contributed by atoms with E-state index in [1.54, 1.807) is 0 Å². The van der Waals surface area contributed by atoms with Gasteiger partial charge in [-0.15, -0.1) is 0 Å². The van der Waals surface area contributed by atoms with Crippen LogP contribution < -0.4 is 10.6 Å². The molecule has 1 aromatic carbocycles. The summed E-state index contributed by atoms with van der Waals surface area (Å²) in [6.45, 7) is 8.86. The molecule has 0 saturated carbocycles. The first kappa shape index (κ1) is 17.8. The molecular formula is C16H25ClN2O2. The number of nitrogens with one attached hydrogen (secondary N) is 2. The van der Waals surface area contributed by atoms with Crippen molar-refractivity contribution in [1.82, 2.24) is 10.6 Å². The average molecular weight is 313 g/mol. The highest BCUT2D eigenvalue weighted by molar-refractivity contribution is 6.30. The van der Waals surface area contributed by atoms with E-state index in [1.165, 1.54) is 5.56 Å². The molecule has 0 radical (unpaired) electrons. The SMILES string of the molecule is CCC(NCCNC(=O)OC(C)(C)C)c1ccc(Cl)cc1. The van der Waals surface area contributed by atoms with Crippen LogP contribution >= 0.6 is 11.6 Å². The highest BCUT2D eigenvalue weighted by Crippen LogP contribution is 2.18. The fourth-order valence-corrected chi connectivity index (χ4v) is 2.04.